The second kappa shape index (κ2) is 34.6. The fraction of sp³-hybridized carbons (Fsp3) is 0.904. The number of carboxylic acids is 1. The third-order valence-corrected chi connectivity index (χ3v) is 15.2. The number of aliphatic hydroxyl groups is 15. The summed E-state index contributed by atoms with van der Waals surface area (Å²) in [6.07, 6.45) is -31.7. The Kier molecular flexibility index (Phi) is 29.6. The molecule has 27 atom stereocenters. The smallest absolute Gasteiger partial charge is 0.335 e. The van der Waals surface area contributed by atoms with E-state index in [2.05, 4.69) is 17.6 Å². The Morgan fingerprint density at radius 3 is 1.40 bits per heavy atom. The standard InChI is InChI=1S/C52H90N2O29/c1-4-5-6-7-8-9-10-11-12-13-14-15-16-17-26(61)25(53-23(2)59)22-74-49-39(69)37(67)43(30(21-58)78-49)80-52-40(70)44(32(62)27(18-55)76-52)81-48-31(54-24(3)60)34(64)42(29(20-57)77-48)79-51-41(71)45(33(63)28(19-56)75-51)82-50-38(68)35(65)36(66)46(83-50)47(72)73/h16-17,25-46,48-52,55-58,61-71H,4-15,18-22H2,1-3H3,(H,53,59)(H,54,60)(H,72,73)/b17-16+/t25-,26+,27+,28+,29+,30+,31+,32-,33-,34+,35-,36-,37+,38+,39+,40+,41+,42+,43+,44-,45-,46-,48-,49+,50+,51-,52-/m0/s1. The summed E-state index contributed by atoms with van der Waals surface area (Å²) >= 11 is 0. The van der Waals surface area contributed by atoms with Crippen LogP contribution < -0.4 is 10.6 Å². The molecule has 31 nitrogen and oxygen atoms in total. The van der Waals surface area contributed by atoms with Crippen molar-refractivity contribution in [2.75, 3.05) is 33.0 Å². The number of amides is 2. The highest BCUT2D eigenvalue weighted by atomic mass is 16.8. The molecule has 0 saturated carbocycles. The van der Waals surface area contributed by atoms with Crippen LogP contribution in [0.2, 0.25) is 0 Å². The van der Waals surface area contributed by atoms with Crippen LogP contribution in [-0.2, 0) is 61.8 Å². The normalized spacial score (nSPS) is 40.4. The second-order valence-electron chi connectivity index (χ2n) is 21.6. The van der Waals surface area contributed by atoms with Crippen LogP contribution in [0.1, 0.15) is 97.8 Å². The summed E-state index contributed by atoms with van der Waals surface area (Å²) < 4.78 is 57.0. The summed E-state index contributed by atoms with van der Waals surface area (Å²) in [5.74, 6) is -3.16. The van der Waals surface area contributed by atoms with Crippen LogP contribution in [0.3, 0.4) is 0 Å². The van der Waals surface area contributed by atoms with Gasteiger partial charge >= 0.3 is 5.97 Å². The molecule has 0 unspecified atom stereocenters. The van der Waals surface area contributed by atoms with E-state index in [1.54, 1.807) is 6.08 Å². The number of allylic oxidation sites excluding steroid dienone is 1. The van der Waals surface area contributed by atoms with E-state index in [0.717, 1.165) is 32.6 Å². The Balaban J connectivity index is 1.23. The van der Waals surface area contributed by atoms with E-state index < -0.39 is 216 Å². The van der Waals surface area contributed by atoms with Crippen molar-refractivity contribution >= 4 is 17.8 Å². The van der Waals surface area contributed by atoms with Crippen molar-refractivity contribution < 1.29 is 143 Å². The SMILES string of the molecule is CCCCCCCCCCCCC/C=C/[C@@H](O)[C@H](CO[C@@H]1O[C@H](CO)[C@@H](O[C@@H]2O[C@H](CO)[C@H](O)[C@H](O[C@@H]3O[C@H](CO)[C@@H](O[C@@H]4O[C@H](CO)[C@H](O)[C@H](O[C@@H]5O[C@H](C(=O)O)[C@@H](O)[C@H](O)[C@H]5O)[C@H]4O)[C@H](O)[C@H]3NC(C)=O)[C@H]2O)[C@H](O)[C@H]1O)NC(C)=O. The van der Waals surface area contributed by atoms with Gasteiger partial charge in [0.25, 0.3) is 0 Å². The van der Waals surface area contributed by atoms with Gasteiger partial charge in [0.05, 0.1) is 45.2 Å². The van der Waals surface area contributed by atoms with Crippen LogP contribution in [0.15, 0.2) is 12.2 Å². The number of carboxylic acid groups (broad SMARTS) is 1. The van der Waals surface area contributed by atoms with Gasteiger partial charge in [0, 0.05) is 13.8 Å². The van der Waals surface area contributed by atoms with Crippen molar-refractivity contribution in [2.45, 2.75) is 263 Å². The lowest BCUT2D eigenvalue weighted by Gasteiger charge is -2.50. The first kappa shape index (κ1) is 70.9. The van der Waals surface area contributed by atoms with Crippen LogP contribution in [0.5, 0.6) is 0 Å². The minimum Gasteiger partial charge on any atom is -0.479 e. The highest BCUT2D eigenvalue weighted by molar-refractivity contribution is 5.74. The lowest BCUT2D eigenvalue weighted by Crippen LogP contribution is -2.70. The van der Waals surface area contributed by atoms with E-state index in [4.69, 9.17) is 47.4 Å². The Labute approximate surface area is 479 Å². The Morgan fingerprint density at radius 2 is 0.916 bits per heavy atom. The van der Waals surface area contributed by atoms with Gasteiger partial charge in [-0.05, 0) is 12.8 Å². The van der Waals surface area contributed by atoms with Gasteiger partial charge in [-0.1, -0.05) is 83.3 Å². The summed E-state index contributed by atoms with van der Waals surface area (Å²) in [4.78, 5) is 36.5. The molecular formula is C52H90N2O29. The first-order valence-corrected chi connectivity index (χ1v) is 28.4. The number of carbonyl (C=O) groups is 3. The molecular weight excluding hydrogens is 1120 g/mol. The van der Waals surface area contributed by atoms with E-state index in [0.29, 0.717) is 6.42 Å². The quantitative estimate of drug-likeness (QED) is 0.0220. The van der Waals surface area contributed by atoms with Gasteiger partial charge in [0.1, 0.15) is 116 Å². The van der Waals surface area contributed by atoms with Crippen molar-refractivity contribution in [3.05, 3.63) is 12.2 Å². The predicted molar refractivity (Wildman–Crippen MR) is 276 cm³/mol. The zero-order valence-electron chi connectivity index (χ0n) is 46.7. The third kappa shape index (κ3) is 19.1. The summed E-state index contributed by atoms with van der Waals surface area (Å²) in [6, 6.07) is -2.85. The lowest BCUT2D eigenvalue weighted by molar-refractivity contribution is -0.386. The predicted octanol–water partition coefficient (Wildman–Crippen LogP) is -6.54. The van der Waals surface area contributed by atoms with Crippen LogP contribution in [-0.4, -0.2) is 298 Å². The molecule has 0 aliphatic carbocycles. The van der Waals surface area contributed by atoms with Gasteiger partial charge in [-0.2, -0.15) is 0 Å². The van der Waals surface area contributed by atoms with Crippen LogP contribution >= 0.6 is 0 Å². The molecule has 5 aliphatic heterocycles. The molecule has 2 amide bonds. The zero-order chi connectivity index (χ0) is 61.2. The van der Waals surface area contributed by atoms with Crippen molar-refractivity contribution in [1.29, 1.82) is 0 Å². The van der Waals surface area contributed by atoms with E-state index in [1.807, 2.05) is 0 Å². The maximum Gasteiger partial charge on any atom is 0.335 e. The monoisotopic (exact) mass is 1210 g/mol. The molecule has 5 heterocycles. The molecule has 0 bridgehead atoms. The topological polar surface area (TPSA) is 491 Å². The minimum absolute atomic E-state index is 0.456. The van der Waals surface area contributed by atoms with Crippen LogP contribution in [0, 0.1) is 0 Å². The van der Waals surface area contributed by atoms with Crippen LogP contribution in [0.4, 0.5) is 0 Å². The molecule has 5 saturated heterocycles. The number of rotatable bonds is 32. The molecule has 0 spiro atoms. The fourth-order valence-electron chi connectivity index (χ4n) is 10.5. The molecule has 5 fully saturated rings. The molecule has 5 aliphatic rings. The highest BCUT2D eigenvalue weighted by Gasteiger charge is 2.57. The lowest BCUT2D eigenvalue weighted by atomic mass is 9.94. The molecule has 0 aromatic heterocycles. The highest BCUT2D eigenvalue weighted by Crippen LogP contribution is 2.36. The molecule has 0 radical (unpaired) electrons. The van der Waals surface area contributed by atoms with Crippen molar-refractivity contribution in [2.24, 2.45) is 0 Å². The van der Waals surface area contributed by atoms with E-state index >= 15 is 0 Å². The van der Waals surface area contributed by atoms with Crippen LogP contribution in [0.25, 0.3) is 0 Å². The number of aliphatic carboxylic acids is 1. The number of hydrogen-bond donors (Lipinski definition) is 18. The van der Waals surface area contributed by atoms with Crippen molar-refractivity contribution in [1.82, 2.24) is 10.6 Å². The molecule has 31 heteroatoms. The summed E-state index contributed by atoms with van der Waals surface area (Å²) in [6.45, 7) is -0.0162. The van der Waals surface area contributed by atoms with Gasteiger partial charge in [0.2, 0.25) is 11.8 Å². The average Bonchev–Trinajstić information content (AvgIpc) is 3.09. The Bertz CT molecular complexity index is 1950. The van der Waals surface area contributed by atoms with Gasteiger partial charge in [-0.3, -0.25) is 9.59 Å². The van der Waals surface area contributed by atoms with E-state index in [1.165, 1.54) is 57.9 Å². The fourth-order valence-corrected chi connectivity index (χ4v) is 10.5. The van der Waals surface area contributed by atoms with E-state index in [9.17, 15) is 96.1 Å². The number of hydrogen-bond acceptors (Lipinski definition) is 28. The third-order valence-electron chi connectivity index (χ3n) is 15.2. The number of carbonyl (C=O) groups excluding carboxylic acids is 2. The largest absolute Gasteiger partial charge is 0.479 e. The summed E-state index contributed by atoms with van der Waals surface area (Å²) in [5.41, 5.74) is 0. The number of aliphatic hydroxyl groups excluding tert-OH is 15. The molecule has 18 N–H and O–H groups in total. The first-order chi connectivity index (χ1) is 39.5. The van der Waals surface area contributed by atoms with Gasteiger partial charge in [-0.15, -0.1) is 0 Å². The number of ether oxygens (including phenoxy) is 10. The molecule has 5 rings (SSSR count). The molecule has 83 heavy (non-hydrogen) atoms. The second-order valence-corrected chi connectivity index (χ2v) is 21.6. The summed E-state index contributed by atoms with van der Waals surface area (Å²) in [5, 5.41) is 178. The first-order valence-electron chi connectivity index (χ1n) is 28.4. The molecule has 0 aromatic rings. The van der Waals surface area contributed by atoms with Crippen molar-refractivity contribution in [3.63, 3.8) is 0 Å². The maximum absolute atomic E-state index is 12.6. The Hall–Kier alpha value is -2.85. The summed E-state index contributed by atoms with van der Waals surface area (Å²) in [7, 11) is 0. The Morgan fingerprint density at radius 1 is 0.482 bits per heavy atom. The van der Waals surface area contributed by atoms with E-state index in [-0.39, 0.29) is 0 Å². The number of nitrogens with one attached hydrogen (secondary N) is 2. The zero-order valence-corrected chi connectivity index (χ0v) is 46.7. The van der Waals surface area contributed by atoms with Gasteiger partial charge in [0.15, 0.2) is 37.6 Å². The maximum atomic E-state index is 12.6. The van der Waals surface area contributed by atoms with Gasteiger partial charge < -0.3 is 140 Å². The van der Waals surface area contributed by atoms with Crippen molar-refractivity contribution in [3.8, 4) is 0 Å². The average molecular weight is 1210 g/mol. The molecule has 482 valence electrons. The minimum atomic E-state index is -2.21. The number of unbranched alkanes of at least 4 members (excludes halogenated alkanes) is 11. The molecule has 0 aromatic carbocycles. The van der Waals surface area contributed by atoms with Gasteiger partial charge in [-0.25, -0.2) is 4.79 Å².